The monoisotopic (exact) mass is 285 g/mol. The summed E-state index contributed by atoms with van der Waals surface area (Å²) in [6, 6.07) is 0. The van der Waals surface area contributed by atoms with Crippen molar-refractivity contribution in [1.82, 2.24) is 10.2 Å². The Morgan fingerprint density at radius 3 is 2.74 bits per heavy atom. The maximum atomic E-state index is 12.7. The van der Waals surface area contributed by atoms with Crippen LogP contribution in [-0.4, -0.2) is 54.6 Å². The number of hydrogen-bond acceptors (Lipinski definition) is 4. The fraction of sp³-hybridized carbons (Fsp3) is 0.750. The summed E-state index contributed by atoms with van der Waals surface area (Å²) in [6.07, 6.45) is 1.75. The molecule has 2 aliphatic rings. The van der Waals surface area contributed by atoms with E-state index in [9.17, 15) is 9.59 Å². The standard InChI is InChI=1S/C12H19N3O3S/c13-10(19)12(2-6-18-7-3-12)11(17)15-5-1-4-14-9(16)8-15/h1-8H2,(H2,13,19)(H,14,16). The van der Waals surface area contributed by atoms with E-state index in [1.54, 1.807) is 4.90 Å². The molecule has 0 aromatic rings. The topological polar surface area (TPSA) is 84.7 Å². The van der Waals surface area contributed by atoms with E-state index in [1.165, 1.54) is 0 Å². The molecule has 7 heteroatoms. The number of nitrogens with zero attached hydrogens (tertiary/aromatic N) is 1. The van der Waals surface area contributed by atoms with Crippen LogP contribution in [0, 0.1) is 5.41 Å². The highest BCUT2D eigenvalue weighted by Crippen LogP contribution is 2.33. The van der Waals surface area contributed by atoms with Crippen LogP contribution in [0.5, 0.6) is 0 Å². The summed E-state index contributed by atoms with van der Waals surface area (Å²) in [5.74, 6) is -0.253. The Morgan fingerprint density at radius 2 is 2.11 bits per heavy atom. The first-order chi connectivity index (χ1) is 9.06. The molecule has 0 bridgehead atoms. The Hall–Kier alpha value is -1.21. The molecule has 0 saturated carbocycles. The lowest BCUT2D eigenvalue weighted by Crippen LogP contribution is -2.54. The smallest absolute Gasteiger partial charge is 0.239 e. The van der Waals surface area contributed by atoms with Crippen LogP contribution in [-0.2, 0) is 14.3 Å². The zero-order valence-corrected chi connectivity index (χ0v) is 11.6. The van der Waals surface area contributed by atoms with Gasteiger partial charge in [-0.1, -0.05) is 12.2 Å². The molecule has 0 atom stereocenters. The molecule has 0 aromatic heterocycles. The third-order valence-electron chi connectivity index (χ3n) is 3.78. The predicted molar refractivity (Wildman–Crippen MR) is 73.5 cm³/mol. The van der Waals surface area contributed by atoms with Crippen LogP contribution in [0.4, 0.5) is 0 Å². The highest BCUT2D eigenvalue weighted by molar-refractivity contribution is 7.80. The quantitative estimate of drug-likeness (QED) is 0.663. The SMILES string of the molecule is NC(=S)C1(C(=O)N2CCCNC(=O)C2)CCOCC1. The summed E-state index contributed by atoms with van der Waals surface area (Å²) in [5.41, 5.74) is 4.98. The Balaban J connectivity index is 2.18. The Bertz CT molecular complexity index is 394. The van der Waals surface area contributed by atoms with E-state index in [1.807, 2.05) is 0 Å². The van der Waals surface area contributed by atoms with Gasteiger partial charge in [0.15, 0.2) is 0 Å². The fourth-order valence-electron chi connectivity index (χ4n) is 2.57. The molecule has 2 heterocycles. The number of amides is 2. The van der Waals surface area contributed by atoms with Crippen LogP contribution in [0.3, 0.4) is 0 Å². The lowest BCUT2D eigenvalue weighted by molar-refractivity contribution is -0.144. The normalized spacial score (nSPS) is 23.4. The van der Waals surface area contributed by atoms with Crippen molar-refractivity contribution >= 4 is 29.0 Å². The first-order valence-corrected chi connectivity index (χ1v) is 6.91. The molecule has 2 rings (SSSR count). The lowest BCUT2D eigenvalue weighted by Gasteiger charge is -2.38. The first kappa shape index (κ1) is 14.2. The largest absolute Gasteiger partial charge is 0.392 e. The van der Waals surface area contributed by atoms with Gasteiger partial charge in [-0.2, -0.15) is 0 Å². The second kappa shape index (κ2) is 5.83. The summed E-state index contributed by atoms with van der Waals surface area (Å²) >= 11 is 5.11. The third kappa shape index (κ3) is 2.87. The Labute approximate surface area is 117 Å². The van der Waals surface area contributed by atoms with Crippen LogP contribution in [0.2, 0.25) is 0 Å². The average Bonchev–Trinajstić information content (AvgIpc) is 2.63. The fourth-order valence-corrected chi connectivity index (χ4v) is 2.86. The van der Waals surface area contributed by atoms with E-state index in [0.29, 0.717) is 39.1 Å². The van der Waals surface area contributed by atoms with Gasteiger partial charge in [-0.05, 0) is 19.3 Å². The number of rotatable bonds is 2. The summed E-state index contributed by atoms with van der Waals surface area (Å²) in [4.78, 5) is 26.1. The summed E-state index contributed by atoms with van der Waals surface area (Å²) in [7, 11) is 0. The van der Waals surface area contributed by atoms with E-state index in [4.69, 9.17) is 22.7 Å². The molecule has 0 aromatic carbocycles. The summed E-state index contributed by atoms with van der Waals surface area (Å²) in [6.45, 7) is 2.20. The van der Waals surface area contributed by atoms with Crippen LogP contribution in [0.25, 0.3) is 0 Å². The van der Waals surface area contributed by atoms with Gasteiger partial charge < -0.3 is 20.7 Å². The van der Waals surface area contributed by atoms with Crippen molar-refractivity contribution in [3.63, 3.8) is 0 Å². The van der Waals surface area contributed by atoms with Gasteiger partial charge in [0.2, 0.25) is 11.8 Å². The summed E-state index contributed by atoms with van der Waals surface area (Å²) in [5, 5.41) is 2.75. The second-order valence-corrected chi connectivity index (χ2v) is 5.43. The zero-order valence-electron chi connectivity index (χ0n) is 10.8. The van der Waals surface area contributed by atoms with Gasteiger partial charge in [0.1, 0.15) is 5.41 Å². The molecule has 3 N–H and O–H groups in total. The van der Waals surface area contributed by atoms with Crippen LogP contribution >= 0.6 is 12.2 Å². The molecule has 0 radical (unpaired) electrons. The van der Waals surface area contributed by atoms with E-state index < -0.39 is 5.41 Å². The maximum Gasteiger partial charge on any atom is 0.239 e. The molecule has 2 saturated heterocycles. The van der Waals surface area contributed by atoms with Crippen molar-refractivity contribution in [1.29, 1.82) is 0 Å². The van der Waals surface area contributed by atoms with Gasteiger partial charge in [-0.15, -0.1) is 0 Å². The molecule has 0 unspecified atom stereocenters. The molecule has 0 aliphatic carbocycles. The highest BCUT2D eigenvalue weighted by atomic mass is 32.1. The van der Waals surface area contributed by atoms with Crippen molar-refractivity contribution < 1.29 is 14.3 Å². The second-order valence-electron chi connectivity index (χ2n) is 4.99. The van der Waals surface area contributed by atoms with Crippen LogP contribution in [0.15, 0.2) is 0 Å². The molecule has 2 amide bonds. The Morgan fingerprint density at radius 1 is 1.42 bits per heavy atom. The van der Waals surface area contributed by atoms with Gasteiger partial charge >= 0.3 is 0 Å². The molecule has 106 valence electrons. The Kier molecular flexibility index (Phi) is 4.36. The van der Waals surface area contributed by atoms with Crippen LogP contribution in [0.1, 0.15) is 19.3 Å². The average molecular weight is 285 g/mol. The number of nitrogens with two attached hydrogens (primary N) is 1. The number of carbonyl (C=O) groups is 2. The molecular formula is C12H19N3O3S. The van der Waals surface area contributed by atoms with Gasteiger partial charge in [-0.25, -0.2) is 0 Å². The van der Waals surface area contributed by atoms with Crippen LogP contribution < -0.4 is 11.1 Å². The van der Waals surface area contributed by atoms with Gasteiger partial charge in [0, 0.05) is 26.3 Å². The molecule has 6 nitrogen and oxygen atoms in total. The van der Waals surface area contributed by atoms with Crippen molar-refractivity contribution in [2.75, 3.05) is 32.8 Å². The highest BCUT2D eigenvalue weighted by Gasteiger charge is 2.45. The van der Waals surface area contributed by atoms with Gasteiger partial charge in [0.25, 0.3) is 0 Å². The molecule has 2 aliphatic heterocycles. The number of thiocarbonyl (C=S) groups is 1. The number of ether oxygens (including phenoxy) is 1. The molecule has 0 spiro atoms. The van der Waals surface area contributed by atoms with E-state index in [0.717, 1.165) is 6.42 Å². The minimum atomic E-state index is -0.835. The number of hydrogen-bond donors (Lipinski definition) is 2. The third-order valence-corrected chi connectivity index (χ3v) is 4.17. The molecule has 2 fully saturated rings. The van der Waals surface area contributed by atoms with Crippen molar-refractivity contribution in [3.8, 4) is 0 Å². The minimum Gasteiger partial charge on any atom is -0.392 e. The lowest BCUT2D eigenvalue weighted by atomic mass is 9.78. The van der Waals surface area contributed by atoms with Crippen molar-refractivity contribution in [3.05, 3.63) is 0 Å². The first-order valence-electron chi connectivity index (χ1n) is 6.50. The van der Waals surface area contributed by atoms with Crippen molar-refractivity contribution in [2.45, 2.75) is 19.3 Å². The maximum absolute atomic E-state index is 12.7. The number of nitrogens with one attached hydrogen (secondary N) is 1. The summed E-state index contributed by atoms with van der Waals surface area (Å²) < 4.78 is 5.29. The van der Waals surface area contributed by atoms with E-state index in [2.05, 4.69) is 5.32 Å². The van der Waals surface area contributed by atoms with Gasteiger partial charge in [0.05, 0.1) is 11.5 Å². The van der Waals surface area contributed by atoms with E-state index in [-0.39, 0.29) is 23.3 Å². The minimum absolute atomic E-state index is 0.0874. The van der Waals surface area contributed by atoms with Crippen molar-refractivity contribution in [2.24, 2.45) is 11.1 Å². The van der Waals surface area contributed by atoms with Gasteiger partial charge in [-0.3, -0.25) is 9.59 Å². The molecule has 19 heavy (non-hydrogen) atoms. The zero-order chi connectivity index (χ0) is 13.9. The van der Waals surface area contributed by atoms with E-state index >= 15 is 0 Å². The molecular weight excluding hydrogens is 266 g/mol. The number of carbonyl (C=O) groups excluding carboxylic acids is 2. The predicted octanol–water partition coefficient (Wildman–Crippen LogP) is -0.582.